The van der Waals surface area contributed by atoms with Gasteiger partial charge in [-0.1, -0.05) is 214 Å². The largest absolute Gasteiger partial charge is 0.508 e. The number of hydrogen-bond donors (Lipinski definition) is 4. The van der Waals surface area contributed by atoms with E-state index in [1.54, 1.807) is 31.4 Å². The average molecular weight is 1030 g/mol. The molecule has 0 radical (unpaired) electrons. The number of methoxy groups -OCH3 is 1. The molecular formula is C73H76O5. The average Bonchev–Trinajstić information content (AvgIpc) is 3.82. The van der Waals surface area contributed by atoms with Crippen LogP contribution in [0.15, 0.2) is 194 Å². The molecule has 0 aliphatic heterocycles. The zero-order valence-electron chi connectivity index (χ0n) is 47.7. The molecule has 5 heteroatoms. The smallest absolute Gasteiger partial charge is 0.122 e. The van der Waals surface area contributed by atoms with E-state index >= 15 is 0 Å². The Labute approximate surface area is 463 Å². The van der Waals surface area contributed by atoms with Crippen LogP contribution in [0.2, 0.25) is 0 Å². The Morgan fingerprint density at radius 2 is 0.769 bits per heavy atom. The van der Waals surface area contributed by atoms with Crippen LogP contribution in [0.1, 0.15) is 159 Å². The molecule has 0 aromatic heterocycles. The highest BCUT2D eigenvalue weighted by Gasteiger charge is 2.43. The van der Waals surface area contributed by atoms with Crippen molar-refractivity contribution in [2.45, 2.75) is 116 Å². The van der Waals surface area contributed by atoms with Crippen molar-refractivity contribution in [3.63, 3.8) is 0 Å². The first-order valence-corrected chi connectivity index (χ1v) is 27.2. The van der Waals surface area contributed by atoms with E-state index in [-0.39, 0.29) is 39.1 Å². The quantitative estimate of drug-likeness (QED) is 0.0979. The summed E-state index contributed by atoms with van der Waals surface area (Å²) in [5, 5.41) is 42.2. The van der Waals surface area contributed by atoms with Gasteiger partial charge in [0.15, 0.2) is 0 Å². The Morgan fingerprint density at radius 3 is 1.19 bits per heavy atom. The highest BCUT2D eigenvalue weighted by atomic mass is 16.5. The summed E-state index contributed by atoms with van der Waals surface area (Å²) in [4.78, 5) is 0. The van der Waals surface area contributed by atoms with Gasteiger partial charge in [-0.2, -0.15) is 0 Å². The predicted molar refractivity (Wildman–Crippen MR) is 321 cm³/mol. The number of aryl methyl sites for hydroxylation is 2. The van der Waals surface area contributed by atoms with Crippen LogP contribution in [-0.4, -0.2) is 27.5 Å². The first kappa shape index (κ1) is 54.8. The zero-order valence-corrected chi connectivity index (χ0v) is 47.7. The molecule has 1 atom stereocenters. The normalized spacial score (nSPS) is 13.4. The summed E-state index contributed by atoms with van der Waals surface area (Å²) in [6.45, 7) is 26.3. The van der Waals surface area contributed by atoms with Crippen LogP contribution in [0.25, 0.3) is 11.1 Å². The highest BCUT2D eigenvalue weighted by molar-refractivity contribution is 5.84. The van der Waals surface area contributed by atoms with Crippen LogP contribution in [0.5, 0.6) is 28.7 Å². The summed E-state index contributed by atoms with van der Waals surface area (Å²) < 4.78 is 5.32. The summed E-state index contributed by atoms with van der Waals surface area (Å²) in [5.41, 5.74) is 17.6. The second kappa shape index (κ2) is 20.7. The molecule has 0 saturated heterocycles. The van der Waals surface area contributed by atoms with E-state index in [0.717, 1.165) is 50.3 Å². The minimum atomic E-state index is -0.475. The van der Waals surface area contributed by atoms with E-state index in [4.69, 9.17) is 4.74 Å². The molecule has 0 amide bonds. The Balaban J connectivity index is 0.000000191. The Kier molecular flexibility index (Phi) is 14.6. The van der Waals surface area contributed by atoms with Gasteiger partial charge in [0, 0.05) is 44.1 Å². The lowest BCUT2D eigenvalue weighted by Gasteiger charge is -2.34. The van der Waals surface area contributed by atoms with E-state index < -0.39 is 5.41 Å². The summed E-state index contributed by atoms with van der Waals surface area (Å²) in [5.74, 6) is 2.11. The van der Waals surface area contributed by atoms with Crippen molar-refractivity contribution < 1.29 is 25.2 Å². The molecule has 0 bridgehead atoms. The Bertz CT molecular complexity index is 3590. The molecule has 5 nitrogen and oxygen atoms in total. The van der Waals surface area contributed by atoms with E-state index in [1.165, 1.54) is 50.1 Å². The van der Waals surface area contributed by atoms with E-state index in [2.05, 4.69) is 203 Å². The molecule has 0 spiro atoms. The van der Waals surface area contributed by atoms with Crippen LogP contribution in [0, 0.1) is 13.8 Å². The summed E-state index contributed by atoms with van der Waals surface area (Å²) in [7, 11) is 1.67. The number of benzene rings is 9. The Hall–Kier alpha value is -8.02. The van der Waals surface area contributed by atoms with Gasteiger partial charge in [-0.05, 0) is 147 Å². The second-order valence-corrected chi connectivity index (χ2v) is 23.9. The molecule has 398 valence electrons. The van der Waals surface area contributed by atoms with Crippen molar-refractivity contribution in [3.05, 3.63) is 278 Å². The monoisotopic (exact) mass is 1030 g/mol. The Morgan fingerprint density at radius 1 is 0.385 bits per heavy atom. The molecule has 9 aromatic rings. The highest BCUT2D eigenvalue weighted by Crippen LogP contribution is 2.55. The lowest BCUT2D eigenvalue weighted by atomic mass is 9.69. The summed E-state index contributed by atoms with van der Waals surface area (Å²) in [6.07, 6.45) is 0. The van der Waals surface area contributed by atoms with Crippen molar-refractivity contribution in [2.75, 3.05) is 7.11 Å². The molecule has 0 fully saturated rings. The van der Waals surface area contributed by atoms with Crippen LogP contribution in [-0.2, 0) is 27.1 Å². The lowest BCUT2D eigenvalue weighted by molar-refractivity contribution is 0.414. The number of ether oxygens (including phenoxy) is 1. The van der Waals surface area contributed by atoms with Crippen LogP contribution < -0.4 is 4.74 Å². The first-order valence-electron chi connectivity index (χ1n) is 27.2. The molecule has 0 heterocycles. The van der Waals surface area contributed by atoms with Crippen molar-refractivity contribution in [1.82, 2.24) is 0 Å². The van der Waals surface area contributed by atoms with Gasteiger partial charge >= 0.3 is 0 Å². The fourth-order valence-corrected chi connectivity index (χ4v) is 11.9. The van der Waals surface area contributed by atoms with Crippen LogP contribution in [0.4, 0.5) is 0 Å². The third-order valence-corrected chi connectivity index (χ3v) is 17.7. The minimum absolute atomic E-state index is 0.0279. The predicted octanol–water partition coefficient (Wildman–Crippen LogP) is 17.6. The fourth-order valence-electron chi connectivity index (χ4n) is 11.9. The van der Waals surface area contributed by atoms with Gasteiger partial charge in [-0.3, -0.25) is 0 Å². The van der Waals surface area contributed by atoms with Gasteiger partial charge in [0.2, 0.25) is 0 Å². The standard InChI is InChI=1S/C39H38O2.C34H38O3/c1-25-22-29(38(4,5)28-13-11-12-27(23-28)37(2,3)26-18-20-30(40)21-19-26)24-35(36(25)41)39(6)33-16-9-7-14-31(33)32-15-8-10-17-34(32)39;1-22-19-28(21-31(32(22)36)23(2)24-11-17-30(37-7)18-12-24)34(5,6)27-10-8-9-26(20-27)33(3,4)25-13-15-29(35)16-14-25/h7-24,40-41H,1-6H3;8-21,23,35-36H,1-7H3. The second-order valence-electron chi connectivity index (χ2n) is 23.9. The third-order valence-electron chi connectivity index (χ3n) is 17.7. The molecule has 10 rings (SSSR count). The van der Waals surface area contributed by atoms with Crippen LogP contribution >= 0.6 is 0 Å². The van der Waals surface area contributed by atoms with Gasteiger partial charge in [0.05, 0.1) is 7.11 Å². The maximum Gasteiger partial charge on any atom is 0.122 e. The SMILES string of the molecule is COc1ccc(C(C)c2cc(C(C)(C)c3cccc(C(C)(C)c4ccc(O)cc4)c3)cc(C)c2O)cc1.Cc1cc(C(C)(C)c2cccc(C(C)(C)c3ccc(O)cc3)c2)cc(C2(C)c3ccccc3-c3ccccc32)c1O. The van der Waals surface area contributed by atoms with Crippen molar-refractivity contribution in [2.24, 2.45) is 0 Å². The van der Waals surface area contributed by atoms with Crippen LogP contribution in [0.3, 0.4) is 0 Å². The number of aromatic hydroxyl groups is 4. The number of rotatable bonds is 12. The van der Waals surface area contributed by atoms with Gasteiger partial charge in [0.1, 0.15) is 28.7 Å². The molecular weight excluding hydrogens is 957 g/mol. The summed E-state index contributed by atoms with van der Waals surface area (Å²) >= 11 is 0. The maximum absolute atomic E-state index is 11.6. The van der Waals surface area contributed by atoms with E-state index in [1.807, 2.05) is 50.2 Å². The van der Waals surface area contributed by atoms with Crippen molar-refractivity contribution in [3.8, 4) is 39.9 Å². The number of phenolic OH excluding ortho intramolecular Hbond substituents is 4. The fraction of sp³-hybridized carbons (Fsp3) is 0.260. The molecule has 78 heavy (non-hydrogen) atoms. The maximum atomic E-state index is 11.6. The van der Waals surface area contributed by atoms with Gasteiger partial charge in [-0.25, -0.2) is 0 Å². The lowest BCUT2D eigenvalue weighted by Crippen LogP contribution is -2.26. The van der Waals surface area contributed by atoms with Gasteiger partial charge in [0.25, 0.3) is 0 Å². The van der Waals surface area contributed by atoms with E-state index in [9.17, 15) is 20.4 Å². The van der Waals surface area contributed by atoms with Gasteiger partial charge in [-0.15, -0.1) is 0 Å². The molecule has 1 aliphatic rings. The molecule has 1 unspecified atom stereocenters. The zero-order chi connectivity index (χ0) is 56.1. The van der Waals surface area contributed by atoms with Crippen molar-refractivity contribution in [1.29, 1.82) is 0 Å². The molecule has 9 aromatic carbocycles. The topological polar surface area (TPSA) is 90.2 Å². The number of fused-ring (bicyclic) bond motifs is 3. The number of hydrogen-bond acceptors (Lipinski definition) is 5. The molecule has 1 aliphatic carbocycles. The van der Waals surface area contributed by atoms with Crippen molar-refractivity contribution >= 4 is 0 Å². The first-order chi connectivity index (χ1) is 36.9. The molecule has 0 saturated carbocycles. The number of phenols is 4. The third kappa shape index (κ3) is 9.85. The summed E-state index contributed by atoms with van der Waals surface area (Å²) in [6, 6.07) is 66.5. The van der Waals surface area contributed by atoms with Gasteiger partial charge < -0.3 is 25.2 Å². The molecule has 4 N–H and O–H groups in total. The minimum Gasteiger partial charge on any atom is -0.508 e. The van der Waals surface area contributed by atoms with E-state index in [0.29, 0.717) is 11.5 Å².